The fourth-order valence-corrected chi connectivity index (χ4v) is 2.24. The number of anilines is 2. The number of methoxy groups -OCH3 is 1. The second-order valence-electron chi connectivity index (χ2n) is 6.35. The number of hydrogen-bond acceptors (Lipinski definition) is 6. The van der Waals surface area contributed by atoms with Gasteiger partial charge in [-0.2, -0.15) is 0 Å². The van der Waals surface area contributed by atoms with E-state index in [1.54, 1.807) is 37.3 Å². The molecule has 26 heavy (non-hydrogen) atoms. The largest absolute Gasteiger partial charge is 0.465 e. The maximum atomic E-state index is 12.3. The van der Waals surface area contributed by atoms with Gasteiger partial charge in [0.1, 0.15) is 5.69 Å². The average Bonchev–Trinajstić information content (AvgIpc) is 2.60. The van der Waals surface area contributed by atoms with Crippen LogP contribution in [0.5, 0.6) is 0 Å². The van der Waals surface area contributed by atoms with E-state index >= 15 is 0 Å². The summed E-state index contributed by atoms with van der Waals surface area (Å²) in [6.45, 7) is 6.62. The highest BCUT2D eigenvalue weighted by Gasteiger charge is 2.11. The Balaban J connectivity index is 2.09. The van der Waals surface area contributed by atoms with Crippen LogP contribution in [0.2, 0.25) is 0 Å². The molecule has 0 aliphatic rings. The third-order valence-corrected chi connectivity index (χ3v) is 3.66. The van der Waals surface area contributed by atoms with Crippen LogP contribution in [-0.2, 0) is 4.74 Å². The topological polar surface area (TPSA) is 93.2 Å². The molecule has 0 spiro atoms. The predicted octanol–water partition coefficient (Wildman–Crippen LogP) is 3.09. The highest BCUT2D eigenvalue weighted by molar-refractivity contribution is 5.92. The molecule has 1 aromatic heterocycles. The minimum atomic E-state index is -0.399. The van der Waals surface area contributed by atoms with Gasteiger partial charge in [-0.15, -0.1) is 0 Å². The predicted molar refractivity (Wildman–Crippen MR) is 99.6 cm³/mol. The van der Waals surface area contributed by atoms with Crippen molar-refractivity contribution in [1.82, 2.24) is 15.3 Å². The van der Waals surface area contributed by atoms with E-state index in [-0.39, 0.29) is 5.91 Å². The molecule has 0 bridgehead atoms. The number of nitrogens with zero attached hydrogens (tertiary/aromatic N) is 2. The van der Waals surface area contributed by atoms with E-state index in [4.69, 9.17) is 0 Å². The van der Waals surface area contributed by atoms with Crippen molar-refractivity contribution in [3.63, 3.8) is 0 Å². The molecule has 0 aliphatic heterocycles. The maximum absolute atomic E-state index is 12.3. The Morgan fingerprint density at radius 2 is 1.85 bits per heavy atom. The summed E-state index contributed by atoms with van der Waals surface area (Å²) in [5, 5.41) is 5.91. The molecule has 138 valence electrons. The lowest BCUT2D eigenvalue weighted by atomic mass is 10.1. The van der Waals surface area contributed by atoms with Gasteiger partial charge in [-0.25, -0.2) is 14.8 Å². The highest BCUT2D eigenvalue weighted by atomic mass is 16.5. The summed E-state index contributed by atoms with van der Waals surface area (Å²) in [6.07, 6.45) is 0.910. The van der Waals surface area contributed by atoms with Crippen LogP contribution in [0.4, 0.5) is 11.6 Å². The van der Waals surface area contributed by atoms with E-state index in [0.717, 1.165) is 6.42 Å². The molecule has 0 unspecified atom stereocenters. The fraction of sp³-hybridized carbons (Fsp3) is 0.368. The van der Waals surface area contributed by atoms with Gasteiger partial charge in [-0.05, 0) is 49.6 Å². The molecule has 2 aromatic rings. The number of benzene rings is 1. The monoisotopic (exact) mass is 356 g/mol. The molecule has 0 radical (unpaired) electrons. The Morgan fingerprint density at radius 3 is 2.46 bits per heavy atom. The molecule has 0 atom stereocenters. The second kappa shape index (κ2) is 8.94. The number of nitrogens with one attached hydrogen (secondary N) is 2. The van der Waals surface area contributed by atoms with Crippen molar-refractivity contribution in [1.29, 1.82) is 0 Å². The van der Waals surface area contributed by atoms with Crippen LogP contribution in [0.1, 0.15) is 46.8 Å². The lowest BCUT2D eigenvalue weighted by Gasteiger charge is -2.10. The van der Waals surface area contributed by atoms with Crippen molar-refractivity contribution in [2.75, 3.05) is 19.0 Å². The molecule has 0 saturated heterocycles. The van der Waals surface area contributed by atoms with Gasteiger partial charge in [0.05, 0.1) is 12.7 Å². The van der Waals surface area contributed by atoms with E-state index in [1.807, 2.05) is 0 Å². The number of aromatic nitrogens is 2. The van der Waals surface area contributed by atoms with E-state index in [2.05, 4.69) is 39.2 Å². The molecule has 0 aliphatic carbocycles. The Labute approximate surface area is 153 Å². The summed E-state index contributed by atoms with van der Waals surface area (Å²) < 4.78 is 4.67. The molecule has 1 amide bonds. The second-order valence-corrected chi connectivity index (χ2v) is 6.35. The van der Waals surface area contributed by atoms with Gasteiger partial charge in [0.25, 0.3) is 5.91 Å². The smallest absolute Gasteiger partial charge is 0.337 e. The lowest BCUT2D eigenvalue weighted by molar-refractivity contribution is 0.0600. The number of aryl methyl sites for hydroxylation is 1. The Kier molecular flexibility index (Phi) is 6.66. The fourth-order valence-electron chi connectivity index (χ4n) is 2.24. The molecular formula is C19H24N4O3. The van der Waals surface area contributed by atoms with E-state index in [9.17, 15) is 9.59 Å². The standard InChI is InChI=1S/C19H24N4O3/c1-12(2)9-10-20-17(24)16-11-13(3)21-19(23-16)22-15-7-5-14(6-8-15)18(25)26-4/h5-8,11-12H,9-10H2,1-4H3,(H,20,24)(H,21,22,23). The molecule has 7 nitrogen and oxygen atoms in total. The molecule has 1 aromatic carbocycles. The number of hydrogen-bond donors (Lipinski definition) is 2. The van der Waals surface area contributed by atoms with Gasteiger partial charge in [-0.1, -0.05) is 13.8 Å². The van der Waals surface area contributed by atoms with Crippen molar-refractivity contribution >= 4 is 23.5 Å². The third-order valence-electron chi connectivity index (χ3n) is 3.66. The lowest BCUT2D eigenvalue weighted by Crippen LogP contribution is -2.26. The first-order valence-corrected chi connectivity index (χ1v) is 8.48. The summed E-state index contributed by atoms with van der Waals surface area (Å²) in [4.78, 5) is 32.3. The number of ether oxygens (including phenoxy) is 1. The summed E-state index contributed by atoms with van der Waals surface area (Å²) in [6, 6.07) is 8.38. The number of carbonyl (C=O) groups is 2. The van der Waals surface area contributed by atoms with Crippen molar-refractivity contribution in [2.45, 2.75) is 27.2 Å². The van der Waals surface area contributed by atoms with Gasteiger partial charge in [-0.3, -0.25) is 4.79 Å². The van der Waals surface area contributed by atoms with E-state index in [1.165, 1.54) is 7.11 Å². The van der Waals surface area contributed by atoms with E-state index in [0.29, 0.717) is 41.0 Å². The normalized spacial score (nSPS) is 10.5. The Bertz CT molecular complexity index is 773. The van der Waals surface area contributed by atoms with Gasteiger partial charge < -0.3 is 15.4 Å². The van der Waals surface area contributed by atoms with Crippen LogP contribution >= 0.6 is 0 Å². The minimum Gasteiger partial charge on any atom is -0.465 e. The molecule has 0 fully saturated rings. The average molecular weight is 356 g/mol. The third kappa shape index (κ3) is 5.54. The van der Waals surface area contributed by atoms with Gasteiger partial charge in [0, 0.05) is 17.9 Å². The summed E-state index contributed by atoms with van der Waals surface area (Å²) >= 11 is 0. The van der Waals surface area contributed by atoms with Crippen LogP contribution < -0.4 is 10.6 Å². The quantitative estimate of drug-likeness (QED) is 0.741. The van der Waals surface area contributed by atoms with Crippen LogP contribution in [-0.4, -0.2) is 35.5 Å². The zero-order chi connectivity index (χ0) is 19.1. The maximum Gasteiger partial charge on any atom is 0.337 e. The minimum absolute atomic E-state index is 0.222. The van der Waals surface area contributed by atoms with Gasteiger partial charge in [0.2, 0.25) is 5.95 Å². The summed E-state index contributed by atoms with van der Waals surface area (Å²) in [5.41, 5.74) is 2.15. The van der Waals surface area contributed by atoms with Crippen molar-refractivity contribution in [2.24, 2.45) is 5.92 Å². The van der Waals surface area contributed by atoms with Crippen molar-refractivity contribution < 1.29 is 14.3 Å². The van der Waals surface area contributed by atoms with Crippen molar-refractivity contribution in [3.05, 3.63) is 47.3 Å². The Morgan fingerprint density at radius 1 is 1.15 bits per heavy atom. The SMILES string of the molecule is COC(=O)c1ccc(Nc2nc(C)cc(C(=O)NCCC(C)C)n2)cc1. The zero-order valence-electron chi connectivity index (χ0n) is 15.5. The summed E-state index contributed by atoms with van der Waals surface area (Å²) in [7, 11) is 1.34. The number of esters is 1. The molecule has 1 heterocycles. The number of amides is 1. The van der Waals surface area contributed by atoms with Gasteiger partial charge in [0.15, 0.2) is 0 Å². The van der Waals surface area contributed by atoms with Crippen LogP contribution in [0.15, 0.2) is 30.3 Å². The molecular weight excluding hydrogens is 332 g/mol. The summed E-state index contributed by atoms with van der Waals surface area (Å²) in [5.74, 6) is 0.224. The molecule has 2 rings (SSSR count). The van der Waals surface area contributed by atoms with Crippen molar-refractivity contribution in [3.8, 4) is 0 Å². The first kappa shape index (κ1) is 19.4. The molecule has 7 heteroatoms. The van der Waals surface area contributed by atoms with Crippen LogP contribution in [0, 0.1) is 12.8 Å². The zero-order valence-corrected chi connectivity index (χ0v) is 15.5. The molecule has 0 saturated carbocycles. The Hall–Kier alpha value is -2.96. The first-order valence-electron chi connectivity index (χ1n) is 8.48. The van der Waals surface area contributed by atoms with Crippen LogP contribution in [0.25, 0.3) is 0 Å². The number of carbonyl (C=O) groups excluding carboxylic acids is 2. The number of rotatable bonds is 7. The highest BCUT2D eigenvalue weighted by Crippen LogP contribution is 2.15. The molecule has 2 N–H and O–H groups in total. The van der Waals surface area contributed by atoms with E-state index < -0.39 is 5.97 Å². The van der Waals surface area contributed by atoms with Gasteiger partial charge >= 0.3 is 5.97 Å². The first-order chi connectivity index (χ1) is 12.4. The van der Waals surface area contributed by atoms with Crippen LogP contribution in [0.3, 0.4) is 0 Å².